The molecule has 5 nitrogen and oxygen atoms in total. The number of hydrogen-bond donors (Lipinski definition) is 1. The van der Waals surface area contributed by atoms with Crippen LogP contribution in [0.4, 0.5) is 0 Å². The maximum atomic E-state index is 11.1. The van der Waals surface area contributed by atoms with E-state index >= 15 is 0 Å². The molecule has 0 aliphatic rings. The van der Waals surface area contributed by atoms with Crippen molar-refractivity contribution in [2.45, 2.75) is 13.3 Å². The molecule has 1 rings (SSSR count). The third kappa shape index (κ3) is 5.34. The standard InChI is InChI=1S/C13H16NO4/c1-2-17-13(16)9-18-11-6-3-10(4-7-11)5-8-12(14)15/h3-4,6-8H,2,5,9H2,1H3,(H2,14,15). The number of carbonyl (C=O) groups is 2. The number of amides is 1. The summed E-state index contributed by atoms with van der Waals surface area (Å²) in [4.78, 5) is 21.6. The van der Waals surface area contributed by atoms with Crippen LogP contribution >= 0.6 is 0 Å². The Morgan fingerprint density at radius 2 is 1.94 bits per heavy atom. The molecule has 0 aliphatic heterocycles. The Bertz CT molecular complexity index is 400. The first-order valence-corrected chi connectivity index (χ1v) is 5.62. The van der Waals surface area contributed by atoms with Crippen LogP contribution in [0.2, 0.25) is 0 Å². The predicted octanol–water partition coefficient (Wildman–Crippen LogP) is 0.861. The van der Waals surface area contributed by atoms with Gasteiger partial charge in [-0.2, -0.15) is 0 Å². The summed E-state index contributed by atoms with van der Waals surface area (Å²) in [5.74, 6) is -0.271. The molecule has 1 aromatic carbocycles. The molecule has 0 saturated carbocycles. The van der Waals surface area contributed by atoms with E-state index in [1.165, 1.54) is 6.42 Å². The van der Waals surface area contributed by atoms with E-state index in [9.17, 15) is 9.59 Å². The molecule has 1 radical (unpaired) electrons. The second kappa shape index (κ2) is 7.32. The lowest BCUT2D eigenvalue weighted by Gasteiger charge is -2.06. The molecule has 0 spiro atoms. The van der Waals surface area contributed by atoms with Gasteiger partial charge in [0.05, 0.1) is 13.0 Å². The first-order valence-electron chi connectivity index (χ1n) is 5.62. The highest BCUT2D eigenvalue weighted by Gasteiger charge is 2.03. The second-order valence-electron chi connectivity index (χ2n) is 3.55. The van der Waals surface area contributed by atoms with Gasteiger partial charge in [0.15, 0.2) is 6.61 Å². The van der Waals surface area contributed by atoms with Crippen LogP contribution in [0.25, 0.3) is 0 Å². The fourth-order valence-corrected chi connectivity index (χ4v) is 1.29. The maximum absolute atomic E-state index is 11.1. The van der Waals surface area contributed by atoms with Crippen molar-refractivity contribution in [3.8, 4) is 5.75 Å². The Hall–Kier alpha value is -2.04. The fourth-order valence-electron chi connectivity index (χ4n) is 1.29. The summed E-state index contributed by atoms with van der Waals surface area (Å²) >= 11 is 0. The van der Waals surface area contributed by atoms with Gasteiger partial charge in [-0.1, -0.05) is 12.1 Å². The summed E-state index contributed by atoms with van der Waals surface area (Å²) in [6.07, 6.45) is 1.88. The summed E-state index contributed by atoms with van der Waals surface area (Å²) in [6.45, 7) is 1.96. The van der Waals surface area contributed by atoms with Crippen LogP contribution in [-0.4, -0.2) is 25.1 Å². The van der Waals surface area contributed by atoms with Gasteiger partial charge in [-0.15, -0.1) is 0 Å². The van der Waals surface area contributed by atoms with Crippen molar-refractivity contribution < 1.29 is 19.1 Å². The number of rotatable bonds is 7. The normalized spacial score (nSPS) is 9.83. The van der Waals surface area contributed by atoms with Crippen LogP contribution in [0, 0.1) is 6.42 Å². The molecule has 1 amide bonds. The lowest BCUT2D eigenvalue weighted by molar-refractivity contribution is -0.145. The van der Waals surface area contributed by atoms with Crippen molar-refractivity contribution in [2.75, 3.05) is 13.2 Å². The molecular formula is C13H16NO4. The van der Waals surface area contributed by atoms with E-state index in [0.29, 0.717) is 18.8 Å². The van der Waals surface area contributed by atoms with E-state index in [4.69, 9.17) is 15.2 Å². The highest BCUT2D eigenvalue weighted by molar-refractivity contribution is 5.83. The van der Waals surface area contributed by atoms with Crippen molar-refractivity contribution in [1.29, 1.82) is 0 Å². The highest BCUT2D eigenvalue weighted by atomic mass is 16.6. The van der Waals surface area contributed by atoms with Crippen LogP contribution in [0.3, 0.4) is 0 Å². The van der Waals surface area contributed by atoms with Crippen LogP contribution in [-0.2, 0) is 20.7 Å². The molecule has 0 unspecified atom stereocenters. The quantitative estimate of drug-likeness (QED) is 0.728. The number of esters is 1. The van der Waals surface area contributed by atoms with Crippen LogP contribution in [0.1, 0.15) is 12.5 Å². The number of hydrogen-bond acceptors (Lipinski definition) is 4. The molecule has 97 valence electrons. The van der Waals surface area contributed by atoms with Gasteiger partial charge in [0.2, 0.25) is 5.91 Å². The van der Waals surface area contributed by atoms with Crippen LogP contribution < -0.4 is 10.5 Å². The zero-order chi connectivity index (χ0) is 13.4. The van der Waals surface area contributed by atoms with Gasteiger partial charge in [-0.3, -0.25) is 4.79 Å². The number of primary amides is 1. The molecule has 0 heterocycles. The first-order chi connectivity index (χ1) is 8.61. The maximum Gasteiger partial charge on any atom is 0.344 e. The summed E-state index contributed by atoms with van der Waals surface area (Å²) in [5.41, 5.74) is 5.95. The smallest absolute Gasteiger partial charge is 0.344 e. The van der Waals surface area contributed by atoms with Crippen LogP contribution in [0.5, 0.6) is 5.75 Å². The molecule has 0 atom stereocenters. The Morgan fingerprint density at radius 3 is 2.50 bits per heavy atom. The Morgan fingerprint density at radius 1 is 1.28 bits per heavy atom. The summed E-state index contributed by atoms with van der Waals surface area (Å²) in [5, 5.41) is 0. The monoisotopic (exact) mass is 250 g/mol. The van der Waals surface area contributed by atoms with E-state index in [1.54, 1.807) is 31.2 Å². The second-order valence-corrected chi connectivity index (χ2v) is 3.55. The van der Waals surface area contributed by atoms with Gasteiger partial charge in [-0.25, -0.2) is 4.79 Å². The molecule has 0 bridgehead atoms. The number of benzene rings is 1. The Kier molecular flexibility index (Phi) is 5.70. The molecule has 5 heteroatoms. The minimum atomic E-state index is -0.447. The van der Waals surface area contributed by atoms with Gasteiger partial charge in [-0.05, 0) is 31.0 Å². The van der Waals surface area contributed by atoms with Gasteiger partial charge >= 0.3 is 5.97 Å². The minimum absolute atomic E-state index is 0.111. The predicted molar refractivity (Wildman–Crippen MR) is 65.8 cm³/mol. The van der Waals surface area contributed by atoms with E-state index in [1.807, 2.05) is 0 Å². The Labute approximate surface area is 106 Å². The minimum Gasteiger partial charge on any atom is -0.482 e. The summed E-state index contributed by atoms with van der Waals surface area (Å²) in [7, 11) is 0. The van der Waals surface area contributed by atoms with Crippen molar-refractivity contribution in [3.05, 3.63) is 36.2 Å². The average molecular weight is 250 g/mol. The first kappa shape index (κ1) is 14.0. The zero-order valence-corrected chi connectivity index (χ0v) is 10.2. The molecule has 0 fully saturated rings. The molecule has 2 N–H and O–H groups in total. The van der Waals surface area contributed by atoms with Gasteiger partial charge in [0.1, 0.15) is 5.75 Å². The number of carbonyl (C=O) groups excluding carboxylic acids is 2. The SMILES string of the molecule is CCOC(=O)COc1ccc(C[CH]C(N)=O)cc1. The van der Waals surface area contributed by atoms with E-state index < -0.39 is 11.9 Å². The largest absolute Gasteiger partial charge is 0.482 e. The van der Waals surface area contributed by atoms with E-state index in [-0.39, 0.29) is 6.61 Å². The van der Waals surface area contributed by atoms with Crippen molar-refractivity contribution in [2.24, 2.45) is 5.73 Å². The van der Waals surface area contributed by atoms with Crippen molar-refractivity contribution in [3.63, 3.8) is 0 Å². The zero-order valence-electron chi connectivity index (χ0n) is 10.2. The average Bonchev–Trinajstić information content (AvgIpc) is 2.35. The lowest BCUT2D eigenvalue weighted by Crippen LogP contribution is -2.14. The fraction of sp³-hybridized carbons (Fsp3) is 0.308. The Balaban J connectivity index is 2.40. The van der Waals surface area contributed by atoms with Crippen molar-refractivity contribution in [1.82, 2.24) is 0 Å². The third-order valence-electron chi connectivity index (χ3n) is 2.12. The van der Waals surface area contributed by atoms with Crippen molar-refractivity contribution >= 4 is 11.9 Å². The summed E-state index contributed by atoms with van der Waals surface area (Å²) in [6, 6.07) is 7.06. The van der Waals surface area contributed by atoms with E-state index in [0.717, 1.165) is 5.56 Å². The molecular weight excluding hydrogens is 234 g/mol. The topological polar surface area (TPSA) is 78.6 Å². The van der Waals surface area contributed by atoms with Gasteiger partial charge in [0.25, 0.3) is 0 Å². The number of nitrogens with two attached hydrogens (primary N) is 1. The van der Waals surface area contributed by atoms with E-state index in [2.05, 4.69) is 0 Å². The lowest BCUT2D eigenvalue weighted by atomic mass is 10.1. The molecule has 0 saturated heterocycles. The molecule has 0 aliphatic carbocycles. The van der Waals surface area contributed by atoms with Crippen LogP contribution in [0.15, 0.2) is 24.3 Å². The molecule has 18 heavy (non-hydrogen) atoms. The highest BCUT2D eigenvalue weighted by Crippen LogP contribution is 2.13. The molecule has 0 aromatic heterocycles. The summed E-state index contributed by atoms with van der Waals surface area (Å²) < 4.78 is 9.96. The van der Waals surface area contributed by atoms with Gasteiger partial charge in [0, 0.05) is 0 Å². The number of ether oxygens (including phenoxy) is 2. The van der Waals surface area contributed by atoms with Gasteiger partial charge < -0.3 is 15.2 Å². The third-order valence-corrected chi connectivity index (χ3v) is 2.12. The molecule has 1 aromatic rings.